The number of nitrogens with one attached hydrogen (secondary N) is 2. The summed E-state index contributed by atoms with van der Waals surface area (Å²) in [5, 5.41) is 17.2. The molecule has 2 aromatic heterocycles. The van der Waals surface area contributed by atoms with Gasteiger partial charge in [0, 0.05) is 52.7 Å². The highest BCUT2D eigenvalue weighted by Crippen LogP contribution is 2.29. The van der Waals surface area contributed by atoms with Crippen LogP contribution in [0, 0.1) is 10.1 Å². The quantitative estimate of drug-likeness (QED) is 0.173. The number of nitro groups is 1. The first-order valence-corrected chi connectivity index (χ1v) is 11.3. The number of rotatable bonds is 10. The van der Waals surface area contributed by atoms with Gasteiger partial charge in [-0.05, 0) is 31.0 Å². The number of fused-ring (bicyclic) bond motifs is 3. The van der Waals surface area contributed by atoms with Gasteiger partial charge in [0.15, 0.2) is 5.82 Å². The molecule has 4 N–H and O–H groups in total. The lowest BCUT2D eigenvalue weighted by atomic mass is 10.2. The summed E-state index contributed by atoms with van der Waals surface area (Å²) in [6, 6.07) is 13.2. The van der Waals surface area contributed by atoms with Crippen molar-refractivity contribution in [2.24, 2.45) is 0 Å². The molecule has 2 heterocycles. The monoisotopic (exact) mass is 481 g/mol. The number of nitrogens with zero attached hydrogens (tertiary/aromatic N) is 4. The third kappa shape index (κ3) is 5.46. The molecule has 2 aromatic carbocycles. The maximum atomic E-state index is 12.1. The Bertz CT molecular complexity index is 1360. The summed E-state index contributed by atoms with van der Waals surface area (Å²) in [4.78, 5) is 31.7. The number of hydrogen-bond acceptors (Lipinski definition) is 7. The van der Waals surface area contributed by atoms with E-state index in [4.69, 9.17) is 15.5 Å². The van der Waals surface area contributed by atoms with Gasteiger partial charge in [0.1, 0.15) is 11.3 Å². The van der Waals surface area contributed by atoms with Crippen LogP contribution in [0.4, 0.5) is 22.0 Å². The highest BCUT2D eigenvalue weighted by Gasteiger charge is 2.17. The van der Waals surface area contributed by atoms with Crippen molar-refractivity contribution in [2.75, 3.05) is 31.3 Å². The Morgan fingerprint density at radius 1 is 1.17 bits per heavy atom. The number of nitrogen functional groups attached to an aromatic ring is 1. The number of benzene rings is 2. The van der Waals surface area contributed by atoms with E-state index >= 15 is 0 Å². The Morgan fingerprint density at radius 2 is 1.94 bits per heavy atom. The van der Waals surface area contributed by atoms with Crippen molar-refractivity contribution in [3.63, 3.8) is 0 Å². The number of anilines is 2. The first-order chi connectivity index (χ1) is 17.0. The Balaban J connectivity index is 0.00000241. The van der Waals surface area contributed by atoms with Gasteiger partial charge in [0.2, 0.25) is 0 Å². The molecule has 0 unspecified atom stereocenters. The summed E-state index contributed by atoms with van der Waals surface area (Å²) < 4.78 is 7.44. The van der Waals surface area contributed by atoms with Crippen LogP contribution in [-0.4, -0.2) is 45.8 Å². The highest BCUT2D eigenvalue weighted by molar-refractivity contribution is 6.06. The SMILES string of the molecule is COCCc1nc2c(N)nc3ccccc3c2n1CCCCNC(=O)Nc1ccc([N+](=O)[O-])cc1.[HH].[HH]. The summed E-state index contributed by atoms with van der Waals surface area (Å²) >= 11 is 0. The molecule has 35 heavy (non-hydrogen) atoms. The van der Waals surface area contributed by atoms with Gasteiger partial charge < -0.3 is 25.7 Å². The van der Waals surface area contributed by atoms with Crippen molar-refractivity contribution in [2.45, 2.75) is 25.8 Å². The summed E-state index contributed by atoms with van der Waals surface area (Å²) in [6.45, 7) is 1.72. The summed E-state index contributed by atoms with van der Waals surface area (Å²) in [6.07, 6.45) is 2.20. The van der Waals surface area contributed by atoms with Gasteiger partial charge in [-0.1, -0.05) is 18.2 Å². The summed E-state index contributed by atoms with van der Waals surface area (Å²) in [7, 11) is 1.66. The van der Waals surface area contributed by atoms with Crippen molar-refractivity contribution in [3.05, 3.63) is 64.5 Å². The molecule has 0 radical (unpaired) electrons. The van der Waals surface area contributed by atoms with Crippen LogP contribution < -0.4 is 16.4 Å². The van der Waals surface area contributed by atoms with Crippen LogP contribution in [0.15, 0.2) is 48.5 Å². The Morgan fingerprint density at radius 3 is 2.69 bits per heavy atom. The van der Waals surface area contributed by atoms with E-state index in [1.165, 1.54) is 24.3 Å². The number of nitro benzene ring substituents is 1. The molecule has 0 fully saturated rings. The van der Waals surface area contributed by atoms with Crippen LogP contribution in [0.3, 0.4) is 0 Å². The molecule has 11 nitrogen and oxygen atoms in total. The second-order valence-corrected chi connectivity index (χ2v) is 8.03. The fraction of sp³-hybridized carbons (Fsp3) is 0.292. The number of aryl methyl sites for hydroxylation is 1. The van der Waals surface area contributed by atoms with E-state index in [0.717, 1.165) is 35.1 Å². The molecule has 11 heteroatoms. The molecular weight excluding hydrogens is 450 g/mol. The fourth-order valence-corrected chi connectivity index (χ4v) is 3.97. The lowest BCUT2D eigenvalue weighted by Gasteiger charge is -2.11. The lowest BCUT2D eigenvalue weighted by Crippen LogP contribution is -2.29. The number of imidazole rings is 1. The Kier molecular flexibility index (Phi) is 7.36. The van der Waals surface area contributed by atoms with Gasteiger partial charge in [-0.2, -0.15) is 0 Å². The number of nitrogens with two attached hydrogens (primary N) is 1. The molecule has 0 bridgehead atoms. The van der Waals surface area contributed by atoms with Crippen LogP contribution in [0.1, 0.15) is 21.5 Å². The highest BCUT2D eigenvalue weighted by atomic mass is 16.6. The maximum Gasteiger partial charge on any atom is 0.319 e. The molecule has 0 aliphatic rings. The zero-order chi connectivity index (χ0) is 24.8. The van der Waals surface area contributed by atoms with E-state index in [2.05, 4.69) is 20.2 Å². The van der Waals surface area contributed by atoms with E-state index in [0.29, 0.717) is 43.1 Å². The van der Waals surface area contributed by atoms with Gasteiger partial charge in [0.25, 0.3) is 5.69 Å². The third-order valence-electron chi connectivity index (χ3n) is 5.65. The number of para-hydroxylation sites is 1. The van der Waals surface area contributed by atoms with Crippen LogP contribution >= 0.6 is 0 Å². The summed E-state index contributed by atoms with van der Waals surface area (Å²) in [5.74, 6) is 1.29. The van der Waals surface area contributed by atoms with Crippen LogP contribution in [0.25, 0.3) is 21.9 Å². The normalized spacial score (nSPS) is 11.1. The standard InChI is InChI=1S/C24H27N7O4.2H2/c1-35-15-12-20-29-21-22(18-6-2-3-7-19(18)28-23(21)25)30(20)14-5-4-13-26-24(32)27-16-8-10-17(11-9-16)31(33)34;;/h2-3,6-11H,4-5,12-15H2,1H3,(H2,25,28)(H2,26,27,32);2*1H. The number of methoxy groups -OCH3 is 1. The van der Waals surface area contributed by atoms with Crippen molar-refractivity contribution < 1.29 is 17.3 Å². The van der Waals surface area contributed by atoms with E-state index in [1.807, 2.05) is 24.3 Å². The van der Waals surface area contributed by atoms with Crippen molar-refractivity contribution >= 4 is 45.2 Å². The zero-order valence-electron chi connectivity index (χ0n) is 19.4. The minimum absolute atomic E-state index is 0. The second kappa shape index (κ2) is 10.8. The van der Waals surface area contributed by atoms with Crippen molar-refractivity contribution in [3.8, 4) is 0 Å². The number of hydrogen-bond donors (Lipinski definition) is 3. The molecule has 186 valence electrons. The number of pyridine rings is 1. The average Bonchev–Trinajstić information content (AvgIpc) is 3.22. The van der Waals surface area contributed by atoms with E-state index in [-0.39, 0.29) is 14.6 Å². The minimum atomic E-state index is -0.484. The van der Waals surface area contributed by atoms with Crippen molar-refractivity contribution in [1.82, 2.24) is 19.9 Å². The molecule has 4 rings (SSSR count). The molecule has 0 saturated carbocycles. The van der Waals surface area contributed by atoms with Gasteiger partial charge in [0.05, 0.1) is 22.6 Å². The van der Waals surface area contributed by atoms with Gasteiger partial charge >= 0.3 is 6.03 Å². The Labute approximate surface area is 204 Å². The number of non-ortho nitro benzene ring substituents is 1. The predicted molar refractivity (Wildman–Crippen MR) is 139 cm³/mol. The maximum absolute atomic E-state index is 12.1. The van der Waals surface area contributed by atoms with Crippen LogP contribution in [0.5, 0.6) is 0 Å². The number of unbranched alkanes of at least 4 members (excludes halogenated alkanes) is 1. The fourth-order valence-electron chi connectivity index (χ4n) is 3.97. The number of aromatic nitrogens is 3. The van der Waals surface area contributed by atoms with Gasteiger partial charge in [-0.15, -0.1) is 0 Å². The molecule has 4 aromatic rings. The van der Waals surface area contributed by atoms with Crippen LogP contribution in [-0.2, 0) is 17.7 Å². The number of amides is 2. The van der Waals surface area contributed by atoms with Crippen molar-refractivity contribution in [1.29, 1.82) is 0 Å². The first-order valence-electron chi connectivity index (χ1n) is 11.3. The molecule has 2 amide bonds. The predicted octanol–water partition coefficient (Wildman–Crippen LogP) is 4.36. The minimum Gasteiger partial charge on any atom is -0.384 e. The first kappa shape index (κ1) is 23.9. The molecular formula is C24H31N7O4. The molecule has 0 spiro atoms. The van der Waals surface area contributed by atoms with E-state index in [9.17, 15) is 14.9 Å². The number of carbonyl (C=O) groups excluding carboxylic acids is 1. The number of urea groups is 1. The average molecular weight is 482 g/mol. The van der Waals surface area contributed by atoms with Gasteiger partial charge in [-0.3, -0.25) is 10.1 Å². The van der Waals surface area contributed by atoms with Gasteiger partial charge in [-0.25, -0.2) is 14.8 Å². The zero-order valence-corrected chi connectivity index (χ0v) is 19.4. The second-order valence-electron chi connectivity index (χ2n) is 8.03. The lowest BCUT2D eigenvalue weighted by molar-refractivity contribution is -0.384. The molecule has 0 aliphatic carbocycles. The number of carbonyl (C=O) groups is 1. The van der Waals surface area contributed by atoms with E-state index < -0.39 is 4.92 Å². The molecule has 0 aliphatic heterocycles. The number of ether oxygens (including phenoxy) is 1. The molecule has 0 saturated heterocycles. The summed E-state index contributed by atoms with van der Waals surface area (Å²) in [5.41, 5.74) is 9.15. The molecule has 0 atom stereocenters. The van der Waals surface area contributed by atoms with E-state index in [1.54, 1.807) is 7.11 Å². The third-order valence-corrected chi connectivity index (χ3v) is 5.65. The largest absolute Gasteiger partial charge is 0.384 e. The topological polar surface area (TPSA) is 150 Å². The smallest absolute Gasteiger partial charge is 0.319 e. The Hall–Kier alpha value is -4.25. The van der Waals surface area contributed by atoms with Crippen LogP contribution in [0.2, 0.25) is 0 Å².